The first kappa shape index (κ1) is 13.8. The van der Waals surface area contributed by atoms with Crippen LogP contribution in [-0.4, -0.2) is 27.7 Å². The standard InChI is InChI=1S/C15H15BrN2OS/c1-2-18-14(19)10-20-15(18)11-7-8-17(9-11)13-6-4-3-5-12(13)16/h3-9,15H,2,10H2,1H3/t15-/m0/s1. The van der Waals surface area contributed by atoms with Crippen LogP contribution in [0.25, 0.3) is 5.69 Å². The van der Waals surface area contributed by atoms with Gasteiger partial charge in [-0.25, -0.2) is 0 Å². The molecule has 20 heavy (non-hydrogen) atoms. The topological polar surface area (TPSA) is 25.2 Å². The Balaban J connectivity index is 1.91. The summed E-state index contributed by atoms with van der Waals surface area (Å²) in [5.41, 5.74) is 2.29. The zero-order valence-corrected chi connectivity index (χ0v) is 13.5. The summed E-state index contributed by atoms with van der Waals surface area (Å²) in [5, 5.41) is 0.149. The quantitative estimate of drug-likeness (QED) is 0.840. The highest BCUT2D eigenvalue weighted by atomic mass is 79.9. The van der Waals surface area contributed by atoms with Crippen molar-refractivity contribution in [1.82, 2.24) is 9.47 Å². The van der Waals surface area contributed by atoms with Gasteiger partial charge in [-0.15, -0.1) is 11.8 Å². The average Bonchev–Trinajstić information content (AvgIpc) is 3.05. The highest BCUT2D eigenvalue weighted by molar-refractivity contribution is 9.10. The van der Waals surface area contributed by atoms with Crippen LogP contribution in [0.4, 0.5) is 0 Å². The maximum absolute atomic E-state index is 11.8. The molecule has 0 saturated carbocycles. The Morgan fingerprint density at radius 1 is 1.35 bits per heavy atom. The van der Waals surface area contributed by atoms with Crippen LogP contribution < -0.4 is 0 Å². The SMILES string of the molecule is CCN1C(=O)CS[C@H]1c1ccn(-c2ccccc2Br)c1. The number of nitrogens with zero attached hydrogens (tertiary/aromatic N) is 2. The lowest BCUT2D eigenvalue weighted by Gasteiger charge is -2.21. The van der Waals surface area contributed by atoms with E-state index in [-0.39, 0.29) is 11.3 Å². The molecule has 2 aromatic rings. The van der Waals surface area contributed by atoms with Gasteiger partial charge in [0, 0.05) is 29.0 Å². The van der Waals surface area contributed by atoms with Crippen LogP contribution in [0, 0.1) is 0 Å². The van der Waals surface area contributed by atoms with Gasteiger partial charge in [-0.05, 0) is 41.1 Å². The third-order valence-electron chi connectivity index (χ3n) is 3.44. The van der Waals surface area contributed by atoms with Gasteiger partial charge in [-0.3, -0.25) is 4.79 Å². The molecule has 0 radical (unpaired) electrons. The summed E-state index contributed by atoms with van der Waals surface area (Å²) in [5.74, 6) is 0.815. The Bertz CT molecular complexity index is 640. The van der Waals surface area contributed by atoms with Crippen molar-refractivity contribution in [2.45, 2.75) is 12.3 Å². The van der Waals surface area contributed by atoms with Gasteiger partial charge in [0.1, 0.15) is 5.37 Å². The predicted octanol–water partition coefficient (Wildman–Crippen LogP) is 3.83. The fourth-order valence-electron chi connectivity index (χ4n) is 2.44. The highest BCUT2D eigenvalue weighted by Crippen LogP contribution is 2.38. The van der Waals surface area contributed by atoms with Crippen LogP contribution >= 0.6 is 27.7 Å². The fraction of sp³-hybridized carbons (Fsp3) is 0.267. The van der Waals surface area contributed by atoms with Crippen molar-refractivity contribution in [2.75, 3.05) is 12.3 Å². The number of hydrogen-bond donors (Lipinski definition) is 0. The maximum Gasteiger partial charge on any atom is 0.233 e. The van der Waals surface area contributed by atoms with E-state index in [1.54, 1.807) is 11.8 Å². The normalized spacial score (nSPS) is 18.8. The number of halogens is 1. The molecule has 1 saturated heterocycles. The molecule has 0 spiro atoms. The number of aromatic nitrogens is 1. The Labute approximate surface area is 131 Å². The zero-order valence-electron chi connectivity index (χ0n) is 11.1. The summed E-state index contributed by atoms with van der Waals surface area (Å²) in [4.78, 5) is 13.7. The van der Waals surface area contributed by atoms with Crippen molar-refractivity contribution in [2.24, 2.45) is 0 Å². The number of hydrogen-bond acceptors (Lipinski definition) is 2. The van der Waals surface area contributed by atoms with E-state index in [0.717, 1.165) is 16.7 Å². The number of benzene rings is 1. The predicted molar refractivity (Wildman–Crippen MR) is 86.1 cm³/mol. The minimum atomic E-state index is 0.149. The van der Waals surface area contributed by atoms with Crippen molar-refractivity contribution < 1.29 is 4.79 Å². The number of rotatable bonds is 3. The van der Waals surface area contributed by atoms with Gasteiger partial charge in [0.15, 0.2) is 0 Å². The van der Waals surface area contributed by atoms with Crippen molar-refractivity contribution in [3.05, 3.63) is 52.8 Å². The second kappa shape index (κ2) is 5.66. The second-order valence-electron chi connectivity index (χ2n) is 4.65. The molecule has 3 nitrogen and oxygen atoms in total. The van der Waals surface area contributed by atoms with Gasteiger partial charge < -0.3 is 9.47 Å². The maximum atomic E-state index is 11.8. The molecular formula is C15H15BrN2OS. The number of thioether (sulfide) groups is 1. The van der Waals surface area contributed by atoms with Crippen molar-refractivity contribution >= 4 is 33.6 Å². The lowest BCUT2D eigenvalue weighted by atomic mass is 10.3. The zero-order chi connectivity index (χ0) is 14.1. The van der Waals surface area contributed by atoms with Gasteiger partial charge in [-0.1, -0.05) is 12.1 Å². The molecule has 1 atom stereocenters. The first-order chi connectivity index (χ1) is 9.70. The molecule has 2 heterocycles. The molecule has 1 aromatic carbocycles. The van der Waals surface area contributed by atoms with Crippen LogP contribution in [0.2, 0.25) is 0 Å². The summed E-state index contributed by atoms with van der Waals surface area (Å²) >= 11 is 5.27. The molecular weight excluding hydrogens is 336 g/mol. The van der Waals surface area contributed by atoms with Crippen molar-refractivity contribution in [1.29, 1.82) is 0 Å². The first-order valence-electron chi connectivity index (χ1n) is 6.54. The Kier molecular flexibility index (Phi) is 3.89. The van der Waals surface area contributed by atoms with Crippen LogP contribution in [0.5, 0.6) is 0 Å². The molecule has 1 fully saturated rings. The van der Waals surface area contributed by atoms with Gasteiger partial charge in [0.05, 0.1) is 11.4 Å². The minimum absolute atomic E-state index is 0.149. The van der Waals surface area contributed by atoms with Gasteiger partial charge >= 0.3 is 0 Å². The van der Waals surface area contributed by atoms with E-state index in [1.807, 2.05) is 36.2 Å². The van der Waals surface area contributed by atoms with Crippen LogP contribution in [-0.2, 0) is 4.79 Å². The Morgan fingerprint density at radius 3 is 2.90 bits per heavy atom. The van der Waals surface area contributed by atoms with E-state index in [2.05, 4.69) is 38.8 Å². The summed E-state index contributed by atoms with van der Waals surface area (Å²) in [6.07, 6.45) is 4.16. The number of carbonyl (C=O) groups is 1. The smallest absolute Gasteiger partial charge is 0.233 e. The molecule has 3 rings (SSSR count). The summed E-state index contributed by atoms with van der Waals surface area (Å²) < 4.78 is 3.15. The molecule has 104 valence electrons. The van der Waals surface area contributed by atoms with Crippen molar-refractivity contribution in [3.63, 3.8) is 0 Å². The molecule has 0 unspecified atom stereocenters. The van der Waals surface area contributed by atoms with E-state index in [9.17, 15) is 4.79 Å². The Hall–Kier alpha value is -1.20. The summed E-state index contributed by atoms with van der Waals surface area (Å²) in [7, 11) is 0. The summed E-state index contributed by atoms with van der Waals surface area (Å²) in [6, 6.07) is 10.2. The molecule has 1 aliphatic heterocycles. The highest BCUT2D eigenvalue weighted by Gasteiger charge is 2.31. The average molecular weight is 351 g/mol. The molecule has 5 heteroatoms. The molecule has 0 N–H and O–H groups in total. The van der Waals surface area contributed by atoms with Crippen LogP contribution in [0.3, 0.4) is 0 Å². The van der Waals surface area contributed by atoms with Crippen LogP contribution in [0.15, 0.2) is 47.2 Å². The lowest BCUT2D eigenvalue weighted by Crippen LogP contribution is -2.27. The largest absolute Gasteiger partial charge is 0.326 e. The minimum Gasteiger partial charge on any atom is -0.326 e. The van der Waals surface area contributed by atoms with E-state index >= 15 is 0 Å². The fourth-order valence-corrected chi connectivity index (χ4v) is 4.18. The molecule has 1 amide bonds. The lowest BCUT2D eigenvalue weighted by molar-refractivity contribution is -0.127. The Morgan fingerprint density at radius 2 is 2.15 bits per heavy atom. The number of amides is 1. The van der Waals surface area contributed by atoms with E-state index in [1.165, 1.54) is 5.56 Å². The molecule has 0 bridgehead atoms. The third kappa shape index (κ3) is 2.40. The van der Waals surface area contributed by atoms with Gasteiger partial charge in [0.25, 0.3) is 0 Å². The van der Waals surface area contributed by atoms with Gasteiger partial charge in [-0.2, -0.15) is 0 Å². The first-order valence-corrected chi connectivity index (χ1v) is 8.38. The van der Waals surface area contributed by atoms with E-state index < -0.39 is 0 Å². The van der Waals surface area contributed by atoms with E-state index in [4.69, 9.17) is 0 Å². The van der Waals surface area contributed by atoms with E-state index in [0.29, 0.717) is 5.75 Å². The monoisotopic (exact) mass is 350 g/mol. The summed E-state index contributed by atoms with van der Waals surface area (Å²) in [6.45, 7) is 2.79. The molecule has 1 aromatic heterocycles. The second-order valence-corrected chi connectivity index (χ2v) is 6.57. The number of para-hydroxylation sites is 1. The molecule has 0 aliphatic carbocycles. The van der Waals surface area contributed by atoms with Crippen LogP contribution in [0.1, 0.15) is 17.9 Å². The third-order valence-corrected chi connectivity index (χ3v) is 5.37. The van der Waals surface area contributed by atoms with Crippen molar-refractivity contribution in [3.8, 4) is 5.69 Å². The van der Waals surface area contributed by atoms with Gasteiger partial charge in [0.2, 0.25) is 5.91 Å². The molecule has 1 aliphatic rings. The number of carbonyl (C=O) groups excluding carboxylic acids is 1.